The Morgan fingerprint density at radius 3 is 2.24 bits per heavy atom. The molecule has 3 heteroatoms. The Hall–Kier alpha value is -0.310. The number of alkyl halides is 1. The third kappa shape index (κ3) is 10.6. The monoisotopic (exact) mass is 304 g/mol. The largest absolute Gasteiger partial charge is 0.465 e. The highest BCUT2D eigenvalue weighted by Gasteiger charge is 2.24. The second kappa shape index (κ2) is 8.73. The fraction of sp³-hybridized carbons (Fsp3) is 0.786. The van der Waals surface area contributed by atoms with E-state index in [2.05, 4.69) is 29.4 Å². The fourth-order valence-electron chi connectivity index (χ4n) is 1.40. The summed E-state index contributed by atoms with van der Waals surface area (Å²) in [5, 5.41) is 0. The Morgan fingerprint density at radius 2 is 1.71 bits per heavy atom. The van der Waals surface area contributed by atoms with Gasteiger partial charge in [-0.2, -0.15) is 0 Å². The van der Waals surface area contributed by atoms with Gasteiger partial charge in [-0.05, 0) is 40.0 Å². The van der Waals surface area contributed by atoms with Crippen LogP contribution in [-0.2, 0) is 9.53 Å². The van der Waals surface area contributed by atoms with Crippen LogP contribution in [0, 0.1) is 0 Å². The molecular formula is C14H25BrO2. The highest BCUT2D eigenvalue weighted by molar-refractivity contribution is 9.10. The molecule has 0 aromatic rings. The number of unbranched alkanes of at least 4 members (excludes halogenated alkanes) is 4. The molecule has 0 rings (SSSR count). The quantitative estimate of drug-likeness (QED) is 0.269. The number of halogens is 1. The molecule has 0 bridgehead atoms. The molecular weight excluding hydrogens is 280 g/mol. The number of rotatable bonds is 9. The average Bonchev–Trinajstić information content (AvgIpc) is 2.19. The summed E-state index contributed by atoms with van der Waals surface area (Å²) in [6.07, 6.45) is 6.90. The standard InChI is InChI=1S/C14H25BrO2/c1-12(2)10-8-6-5-7-9-11-17-13(16)14(3,4)15/h1,5-11H2,2-4H3. The number of carbonyl (C=O) groups is 1. The zero-order valence-electron chi connectivity index (χ0n) is 11.4. The highest BCUT2D eigenvalue weighted by Crippen LogP contribution is 2.17. The van der Waals surface area contributed by atoms with Crippen molar-refractivity contribution in [2.24, 2.45) is 0 Å². The molecule has 0 heterocycles. The molecule has 0 radical (unpaired) electrons. The molecule has 0 unspecified atom stereocenters. The summed E-state index contributed by atoms with van der Waals surface area (Å²) in [5.74, 6) is -0.181. The van der Waals surface area contributed by atoms with Gasteiger partial charge >= 0.3 is 5.97 Å². The van der Waals surface area contributed by atoms with Crippen LogP contribution in [0.15, 0.2) is 12.2 Å². The number of hydrogen-bond donors (Lipinski definition) is 0. The Labute approximate surface area is 114 Å². The van der Waals surface area contributed by atoms with E-state index in [0.29, 0.717) is 6.61 Å². The predicted octanol–water partition coefficient (Wildman–Crippen LogP) is 4.62. The number of allylic oxidation sites excluding steroid dienone is 1. The van der Waals surface area contributed by atoms with E-state index in [1.807, 2.05) is 0 Å². The lowest BCUT2D eigenvalue weighted by molar-refractivity contribution is -0.145. The van der Waals surface area contributed by atoms with Gasteiger partial charge in [0, 0.05) is 0 Å². The average molecular weight is 305 g/mol. The Bertz CT molecular complexity index is 241. The van der Waals surface area contributed by atoms with Gasteiger partial charge in [-0.15, -0.1) is 6.58 Å². The fourth-order valence-corrected chi connectivity index (χ4v) is 1.51. The minimum atomic E-state index is -0.561. The smallest absolute Gasteiger partial charge is 0.322 e. The summed E-state index contributed by atoms with van der Waals surface area (Å²) < 4.78 is 4.59. The van der Waals surface area contributed by atoms with Crippen LogP contribution in [-0.4, -0.2) is 16.9 Å². The zero-order valence-corrected chi connectivity index (χ0v) is 12.9. The van der Waals surface area contributed by atoms with Crippen LogP contribution in [0.25, 0.3) is 0 Å². The summed E-state index contributed by atoms with van der Waals surface area (Å²) in [6.45, 7) is 10.1. The van der Waals surface area contributed by atoms with Gasteiger partial charge in [-0.25, -0.2) is 0 Å². The maximum Gasteiger partial charge on any atom is 0.322 e. The van der Waals surface area contributed by atoms with Gasteiger partial charge in [0.15, 0.2) is 0 Å². The lowest BCUT2D eigenvalue weighted by Gasteiger charge is -2.14. The maximum absolute atomic E-state index is 11.4. The van der Waals surface area contributed by atoms with Gasteiger partial charge in [-0.3, -0.25) is 4.79 Å². The first-order valence-corrected chi connectivity index (χ1v) is 7.14. The zero-order chi connectivity index (χ0) is 13.3. The van der Waals surface area contributed by atoms with Crippen molar-refractivity contribution in [2.45, 2.75) is 63.6 Å². The molecule has 0 N–H and O–H groups in total. The third-order valence-electron chi connectivity index (χ3n) is 2.47. The van der Waals surface area contributed by atoms with Crippen LogP contribution >= 0.6 is 15.9 Å². The molecule has 0 aromatic carbocycles. The molecule has 100 valence electrons. The Kier molecular flexibility index (Phi) is 8.57. The number of esters is 1. The van der Waals surface area contributed by atoms with Crippen molar-refractivity contribution >= 4 is 21.9 Å². The lowest BCUT2D eigenvalue weighted by Crippen LogP contribution is -2.26. The van der Waals surface area contributed by atoms with Crippen LogP contribution in [0.4, 0.5) is 0 Å². The third-order valence-corrected chi connectivity index (χ3v) is 2.79. The highest BCUT2D eigenvalue weighted by atomic mass is 79.9. The molecule has 0 fully saturated rings. The van der Waals surface area contributed by atoms with Gasteiger partial charge in [-0.1, -0.05) is 40.8 Å². The minimum absolute atomic E-state index is 0.181. The van der Waals surface area contributed by atoms with Crippen LogP contribution in [0.1, 0.15) is 59.3 Å². The predicted molar refractivity (Wildman–Crippen MR) is 76.5 cm³/mol. The van der Waals surface area contributed by atoms with Crippen molar-refractivity contribution < 1.29 is 9.53 Å². The van der Waals surface area contributed by atoms with Crippen molar-refractivity contribution in [3.8, 4) is 0 Å². The number of hydrogen-bond acceptors (Lipinski definition) is 2. The molecule has 0 atom stereocenters. The van der Waals surface area contributed by atoms with E-state index in [4.69, 9.17) is 4.74 Å². The first-order valence-electron chi connectivity index (χ1n) is 6.34. The van der Waals surface area contributed by atoms with E-state index in [1.165, 1.54) is 24.8 Å². The van der Waals surface area contributed by atoms with E-state index in [9.17, 15) is 4.79 Å². The Balaban J connectivity index is 3.30. The van der Waals surface area contributed by atoms with Gasteiger partial charge < -0.3 is 4.74 Å². The van der Waals surface area contributed by atoms with Crippen molar-refractivity contribution in [2.75, 3.05) is 6.61 Å². The molecule has 2 nitrogen and oxygen atoms in total. The van der Waals surface area contributed by atoms with Crippen molar-refractivity contribution in [3.63, 3.8) is 0 Å². The molecule has 0 saturated carbocycles. The Morgan fingerprint density at radius 1 is 1.18 bits per heavy atom. The molecule has 0 aliphatic rings. The van der Waals surface area contributed by atoms with Crippen molar-refractivity contribution in [3.05, 3.63) is 12.2 Å². The van der Waals surface area contributed by atoms with Crippen LogP contribution < -0.4 is 0 Å². The van der Waals surface area contributed by atoms with E-state index >= 15 is 0 Å². The molecule has 0 aromatic heterocycles. The first kappa shape index (κ1) is 16.7. The lowest BCUT2D eigenvalue weighted by atomic mass is 10.1. The van der Waals surface area contributed by atoms with Crippen LogP contribution in [0.5, 0.6) is 0 Å². The summed E-state index contributed by atoms with van der Waals surface area (Å²) in [4.78, 5) is 11.4. The molecule has 17 heavy (non-hydrogen) atoms. The SMILES string of the molecule is C=C(C)CCCCCCCOC(=O)C(C)(C)Br. The van der Waals surface area contributed by atoms with Crippen LogP contribution in [0.3, 0.4) is 0 Å². The number of ether oxygens (including phenoxy) is 1. The molecule has 0 saturated heterocycles. The van der Waals surface area contributed by atoms with E-state index in [0.717, 1.165) is 19.3 Å². The summed E-state index contributed by atoms with van der Waals surface area (Å²) >= 11 is 3.28. The van der Waals surface area contributed by atoms with E-state index in [1.54, 1.807) is 13.8 Å². The topological polar surface area (TPSA) is 26.3 Å². The summed E-state index contributed by atoms with van der Waals surface area (Å²) in [5.41, 5.74) is 1.26. The van der Waals surface area contributed by atoms with E-state index in [-0.39, 0.29) is 5.97 Å². The van der Waals surface area contributed by atoms with Gasteiger partial charge in [0.1, 0.15) is 4.32 Å². The van der Waals surface area contributed by atoms with Crippen molar-refractivity contribution in [1.82, 2.24) is 0 Å². The maximum atomic E-state index is 11.4. The summed E-state index contributed by atoms with van der Waals surface area (Å²) in [7, 11) is 0. The number of carbonyl (C=O) groups excluding carboxylic acids is 1. The minimum Gasteiger partial charge on any atom is -0.465 e. The molecule has 0 amide bonds. The second-order valence-electron chi connectivity index (χ2n) is 5.08. The van der Waals surface area contributed by atoms with Gasteiger partial charge in [0.25, 0.3) is 0 Å². The summed E-state index contributed by atoms with van der Waals surface area (Å²) in [6, 6.07) is 0. The second-order valence-corrected chi connectivity index (χ2v) is 7.07. The van der Waals surface area contributed by atoms with Gasteiger partial charge in [0.2, 0.25) is 0 Å². The van der Waals surface area contributed by atoms with E-state index < -0.39 is 4.32 Å². The first-order chi connectivity index (χ1) is 7.84. The normalized spacial score (nSPS) is 11.3. The van der Waals surface area contributed by atoms with Crippen molar-refractivity contribution in [1.29, 1.82) is 0 Å². The van der Waals surface area contributed by atoms with Crippen LogP contribution in [0.2, 0.25) is 0 Å². The molecule has 0 aliphatic carbocycles. The van der Waals surface area contributed by atoms with Gasteiger partial charge in [0.05, 0.1) is 6.61 Å². The molecule has 0 spiro atoms. The molecule has 0 aliphatic heterocycles.